The van der Waals surface area contributed by atoms with Crippen LogP contribution < -0.4 is 10.6 Å². The number of fused-ring (bicyclic) bond motifs is 1. The molecule has 1 aromatic carbocycles. The van der Waals surface area contributed by atoms with E-state index in [0.29, 0.717) is 43.4 Å². The zero-order chi connectivity index (χ0) is 18.0. The molecule has 0 unspecified atom stereocenters. The van der Waals surface area contributed by atoms with E-state index in [4.69, 9.17) is 0 Å². The van der Waals surface area contributed by atoms with Gasteiger partial charge < -0.3 is 15.7 Å². The molecule has 0 bridgehead atoms. The van der Waals surface area contributed by atoms with Crippen LogP contribution in [0.2, 0.25) is 0 Å². The van der Waals surface area contributed by atoms with Crippen LogP contribution in [-0.2, 0) is 16.0 Å². The van der Waals surface area contributed by atoms with Crippen LogP contribution >= 0.6 is 0 Å². The molecule has 1 saturated carbocycles. The normalized spacial score (nSPS) is 19.3. The van der Waals surface area contributed by atoms with E-state index >= 15 is 0 Å². The SMILES string of the molecule is O=C1CCc2cc(C(=O)NC3(C(=O)O)CCCCCC3)c(F)cc2N1. The van der Waals surface area contributed by atoms with Crippen LogP contribution in [0.4, 0.5) is 10.1 Å². The van der Waals surface area contributed by atoms with E-state index in [2.05, 4.69) is 10.6 Å². The summed E-state index contributed by atoms with van der Waals surface area (Å²) < 4.78 is 14.4. The first-order chi connectivity index (χ1) is 11.9. The molecule has 6 nitrogen and oxygen atoms in total. The Kier molecular flexibility index (Phi) is 4.74. The number of rotatable bonds is 3. The summed E-state index contributed by atoms with van der Waals surface area (Å²) in [6, 6.07) is 2.54. The van der Waals surface area contributed by atoms with Crippen molar-refractivity contribution in [2.24, 2.45) is 0 Å². The molecule has 2 aliphatic rings. The number of benzene rings is 1. The molecular formula is C18H21FN2O4. The van der Waals surface area contributed by atoms with Crippen molar-refractivity contribution in [3.8, 4) is 0 Å². The maximum Gasteiger partial charge on any atom is 0.329 e. The molecule has 134 valence electrons. The van der Waals surface area contributed by atoms with Crippen LogP contribution in [0.3, 0.4) is 0 Å². The van der Waals surface area contributed by atoms with Gasteiger partial charge in [0.2, 0.25) is 5.91 Å². The van der Waals surface area contributed by atoms with Gasteiger partial charge in [0.15, 0.2) is 0 Å². The number of aliphatic carboxylic acids is 1. The number of hydrogen-bond donors (Lipinski definition) is 3. The summed E-state index contributed by atoms with van der Waals surface area (Å²) in [6.07, 6.45) is 4.67. The Balaban J connectivity index is 1.87. The average molecular weight is 348 g/mol. The quantitative estimate of drug-likeness (QED) is 0.732. The lowest BCUT2D eigenvalue weighted by Gasteiger charge is -2.29. The maximum atomic E-state index is 14.4. The minimum Gasteiger partial charge on any atom is -0.480 e. The minimum atomic E-state index is -1.34. The summed E-state index contributed by atoms with van der Waals surface area (Å²) in [5.41, 5.74) is -0.478. The van der Waals surface area contributed by atoms with Crippen molar-refractivity contribution in [3.05, 3.63) is 29.1 Å². The highest BCUT2D eigenvalue weighted by atomic mass is 19.1. The number of hydrogen-bond acceptors (Lipinski definition) is 3. The molecule has 0 aromatic heterocycles. The van der Waals surface area contributed by atoms with Crippen molar-refractivity contribution in [1.29, 1.82) is 0 Å². The molecule has 7 heteroatoms. The number of halogens is 1. The smallest absolute Gasteiger partial charge is 0.329 e. The van der Waals surface area contributed by atoms with Crippen LogP contribution in [0, 0.1) is 5.82 Å². The van der Waals surface area contributed by atoms with Crippen LogP contribution in [0.1, 0.15) is 60.9 Å². The Labute approximate surface area is 144 Å². The third kappa shape index (κ3) is 3.50. The first kappa shape index (κ1) is 17.4. The lowest BCUT2D eigenvalue weighted by molar-refractivity contribution is -0.145. The molecule has 3 rings (SSSR count). The molecule has 0 radical (unpaired) electrons. The summed E-state index contributed by atoms with van der Waals surface area (Å²) >= 11 is 0. The molecule has 1 heterocycles. The minimum absolute atomic E-state index is 0.181. The van der Waals surface area contributed by atoms with Gasteiger partial charge in [0.25, 0.3) is 5.91 Å². The second kappa shape index (κ2) is 6.82. The zero-order valence-electron chi connectivity index (χ0n) is 13.9. The van der Waals surface area contributed by atoms with Gasteiger partial charge in [-0.2, -0.15) is 0 Å². The second-order valence-electron chi connectivity index (χ2n) is 6.79. The third-order valence-corrected chi connectivity index (χ3v) is 5.05. The summed E-state index contributed by atoms with van der Waals surface area (Å²) in [4.78, 5) is 35.8. The topological polar surface area (TPSA) is 95.5 Å². The first-order valence-corrected chi connectivity index (χ1v) is 8.59. The predicted molar refractivity (Wildman–Crippen MR) is 88.9 cm³/mol. The van der Waals surface area contributed by atoms with Crippen LogP contribution in [0.15, 0.2) is 12.1 Å². The Morgan fingerprint density at radius 2 is 1.80 bits per heavy atom. The molecule has 25 heavy (non-hydrogen) atoms. The van der Waals surface area contributed by atoms with Gasteiger partial charge in [-0.25, -0.2) is 9.18 Å². The van der Waals surface area contributed by atoms with Gasteiger partial charge in [0, 0.05) is 12.1 Å². The van der Waals surface area contributed by atoms with E-state index in [1.807, 2.05) is 0 Å². The Bertz CT molecular complexity index is 724. The highest BCUT2D eigenvalue weighted by Gasteiger charge is 2.40. The van der Waals surface area contributed by atoms with E-state index in [1.54, 1.807) is 0 Å². The van der Waals surface area contributed by atoms with Crippen molar-refractivity contribution < 1.29 is 23.9 Å². The number of carbonyl (C=O) groups is 3. The fourth-order valence-corrected chi connectivity index (χ4v) is 3.59. The first-order valence-electron chi connectivity index (χ1n) is 8.59. The number of anilines is 1. The van der Waals surface area contributed by atoms with Crippen molar-refractivity contribution in [2.45, 2.75) is 56.9 Å². The van der Waals surface area contributed by atoms with Gasteiger partial charge in [-0.3, -0.25) is 9.59 Å². The molecule has 1 fully saturated rings. The molecule has 1 aliphatic heterocycles. The zero-order valence-corrected chi connectivity index (χ0v) is 13.9. The van der Waals surface area contributed by atoms with Gasteiger partial charge in [-0.15, -0.1) is 0 Å². The molecule has 0 saturated heterocycles. The van der Waals surface area contributed by atoms with Gasteiger partial charge >= 0.3 is 5.97 Å². The molecular weight excluding hydrogens is 327 g/mol. The van der Waals surface area contributed by atoms with Gasteiger partial charge in [0.1, 0.15) is 11.4 Å². The Morgan fingerprint density at radius 1 is 1.12 bits per heavy atom. The summed E-state index contributed by atoms with van der Waals surface area (Å²) in [5, 5.41) is 14.8. The highest BCUT2D eigenvalue weighted by Crippen LogP contribution is 2.30. The molecule has 1 aliphatic carbocycles. The van der Waals surface area contributed by atoms with Crippen molar-refractivity contribution in [2.75, 3.05) is 5.32 Å². The van der Waals surface area contributed by atoms with E-state index in [-0.39, 0.29) is 17.9 Å². The van der Waals surface area contributed by atoms with Crippen LogP contribution in [-0.4, -0.2) is 28.4 Å². The summed E-state index contributed by atoms with van der Waals surface area (Å²) in [7, 11) is 0. The average Bonchev–Trinajstić information content (AvgIpc) is 2.80. The van der Waals surface area contributed by atoms with Crippen molar-refractivity contribution in [3.63, 3.8) is 0 Å². The third-order valence-electron chi connectivity index (χ3n) is 5.05. The number of carboxylic acid groups (broad SMARTS) is 1. The van der Waals surface area contributed by atoms with E-state index in [1.165, 1.54) is 6.07 Å². The molecule has 0 atom stereocenters. The van der Waals surface area contributed by atoms with E-state index in [9.17, 15) is 23.9 Å². The number of aryl methyl sites for hydroxylation is 1. The molecule has 3 N–H and O–H groups in total. The number of carboxylic acids is 1. The van der Waals surface area contributed by atoms with Crippen LogP contribution in [0.5, 0.6) is 0 Å². The summed E-state index contributed by atoms with van der Waals surface area (Å²) in [6.45, 7) is 0. The largest absolute Gasteiger partial charge is 0.480 e. The highest BCUT2D eigenvalue weighted by molar-refractivity contribution is 6.00. The molecule has 1 aromatic rings. The maximum absolute atomic E-state index is 14.4. The monoisotopic (exact) mass is 348 g/mol. The standard InChI is InChI=1S/C18H21FN2O4/c19-13-10-14-11(5-6-15(22)20-14)9-12(13)16(23)21-18(17(24)25)7-3-1-2-4-8-18/h9-10H,1-8H2,(H,20,22)(H,21,23)(H,24,25). The summed E-state index contributed by atoms with van der Waals surface area (Å²) in [5.74, 6) is -2.75. The fourth-order valence-electron chi connectivity index (χ4n) is 3.59. The number of amides is 2. The van der Waals surface area contributed by atoms with Gasteiger partial charge in [0.05, 0.1) is 5.56 Å². The Morgan fingerprint density at radius 3 is 2.44 bits per heavy atom. The lowest BCUT2D eigenvalue weighted by atomic mass is 9.89. The predicted octanol–water partition coefficient (Wildman–Crippen LogP) is 2.62. The van der Waals surface area contributed by atoms with E-state index in [0.717, 1.165) is 18.9 Å². The van der Waals surface area contributed by atoms with Crippen molar-refractivity contribution in [1.82, 2.24) is 5.32 Å². The number of nitrogens with one attached hydrogen (secondary N) is 2. The molecule has 2 amide bonds. The second-order valence-corrected chi connectivity index (χ2v) is 6.79. The van der Waals surface area contributed by atoms with Crippen LogP contribution in [0.25, 0.3) is 0 Å². The number of carbonyl (C=O) groups excluding carboxylic acids is 2. The van der Waals surface area contributed by atoms with Gasteiger partial charge in [-0.05, 0) is 37.0 Å². The fraction of sp³-hybridized carbons (Fsp3) is 0.500. The lowest BCUT2D eigenvalue weighted by Crippen LogP contribution is -2.54. The Hall–Kier alpha value is -2.44. The molecule has 0 spiro atoms. The van der Waals surface area contributed by atoms with Gasteiger partial charge in [-0.1, -0.05) is 25.7 Å². The van der Waals surface area contributed by atoms with E-state index < -0.39 is 23.2 Å². The van der Waals surface area contributed by atoms with Crippen molar-refractivity contribution >= 4 is 23.5 Å².